The first-order valence-electron chi connectivity index (χ1n) is 8.69. The van der Waals surface area contributed by atoms with Crippen LogP contribution in [0.25, 0.3) is 0 Å². The van der Waals surface area contributed by atoms with Gasteiger partial charge in [0.25, 0.3) is 11.8 Å². The van der Waals surface area contributed by atoms with Crippen molar-refractivity contribution in [3.05, 3.63) is 65.5 Å². The van der Waals surface area contributed by atoms with E-state index in [0.717, 1.165) is 19.3 Å². The molecule has 2 N–H and O–H groups in total. The molecule has 1 heterocycles. The topological polar surface area (TPSA) is 71.1 Å². The van der Waals surface area contributed by atoms with Crippen LogP contribution in [0.5, 0.6) is 0 Å². The van der Waals surface area contributed by atoms with Crippen LogP contribution >= 0.6 is 0 Å². The molecule has 2 amide bonds. The second-order valence-electron chi connectivity index (χ2n) is 6.06. The molecule has 5 heteroatoms. The van der Waals surface area contributed by atoms with Gasteiger partial charge in [-0.2, -0.15) is 0 Å². The molecule has 0 aliphatic carbocycles. The maximum absolute atomic E-state index is 12.2. The molecule has 0 fully saturated rings. The third kappa shape index (κ3) is 6.03. The van der Waals surface area contributed by atoms with Gasteiger partial charge in [-0.1, -0.05) is 37.3 Å². The Balaban J connectivity index is 1.85. The molecular weight excluding hydrogens is 314 g/mol. The Hall–Kier alpha value is -2.69. The number of amides is 2. The third-order valence-corrected chi connectivity index (χ3v) is 4.02. The quantitative estimate of drug-likeness (QED) is 0.726. The van der Waals surface area contributed by atoms with Gasteiger partial charge in [-0.15, -0.1) is 0 Å². The highest BCUT2D eigenvalue weighted by Crippen LogP contribution is 2.04. The van der Waals surface area contributed by atoms with E-state index in [0.29, 0.717) is 12.1 Å². The van der Waals surface area contributed by atoms with Gasteiger partial charge in [0.2, 0.25) is 0 Å². The lowest BCUT2D eigenvalue weighted by molar-refractivity contribution is 0.0939. The van der Waals surface area contributed by atoms with Crippen LogP contribution in [-0.4, -0.2) is 29.4 Å². The summed E-state index contributed by atoms with van der Waals surface area (Å²) >= 11 is 0. The van der Waals surface area contributed by atoms with Crippen LogP contribution in [-0.2, 0) is 6.42 Å². The Morgan fingerprint density at radius 1 is 1.12 bits per heavy atom. The summed E-state index contributed by atoms with van der Waals surface area (Å²) in [5.74, 6) is -0.443. The first-order valence-corrected chi connectivity index (χ1v) is 8.69. The number of aromatic nitrogens is 1. The zero-order chi connectivity index (χ0) is 18.1. The van der Waals surface area contributed by atoms with Crippen molar-refractivity contribution >= 4 is 11.8 Å². The highest BCUT2D eigenvalue weighted by Gasteiger charge is 2.12. The fourth-order valence-electron chi connectivity index (χ4n) is 2.33. The van der Waals surface area contributed by atoms with Crippen LogP contribution in [0.1, 0.15) is 53.1 Å². The minimum Gasteiger partial charge on any atom is -0.351 e. The number of rotatable bonds is 8. The van der Waals surface area contributed by atoms with Gasteiger partial charge < -0.3 is 10.6 Å². The lowest BCUT2D eigenvalue weighted by Crippen LogP contribution is -2.32. The second kappa shape index (κ2) is 9.57. The van der Waals surface area contributed by atoms with E-state index < -0.39 is 0 Å². The summed E-state index contributed by atoms with van der Waals surface area (Å²) in [6.07, 6.45) is 4.10. The van der Waals surface area contributed by atoms with Gasteiger partial charge in [0.05, 0.1) is 0 Å². The van der Waals surface area contributed by atoms with E-state index in [1.54, 1.807) is 6.07 Å². The molecule has 0 aliphatic heterocycles. The molecule has 0 saturated carbocycles. The van der Waals surface area contributed by atoms with Crippen molar-refractivity contribution in [2.24, 2.45) is 0 Å². The molecular formula is C20H25N3O2. The molecule has 2 rings (SSSR count). The van der Waals surface area contributed by atoms with E-state index in [9.17, 15) is 9.59 Å². The number of aryl methyl sites for hydroxylation is 1. The normalized spacial score (nSPS) is 11.6. The zero-order valence-corrected chi connectivity index (χ0v) is 14.8. The standard InChI is InChI=1S/C20H25N3O2/c1-3-15(2)23-19(24)17-11-13-21-18(14-17)20(25)22-12-7-10-16-8-5-4-6-9-16/h4-6,8-9,11,13-15H,3,7,10,12H2,1-2H3,(H,22,25)(H,23,24). The summed E-state index contributed by atoms with van der Waals surface area (Å²) in [4.78, 5) is 28.4. The molecule has 1 atom stereocenters. The first kappa shape index (κ1) is 18.6. The van der Waals surface area contributed by atoms with Gasteiger partial charge in [-0.05, 0) is 43.9 Å². The van der Waals surface area contributed by atoms with Crippen molar-refractivity contribution in [1.82, 2.24) is 15.6 Å². The Morgan fingerprint density at radius 2 is 1.88 bits per heavy atom. The summed E-state index contributed by atoms with van der Waals surface area (Å²) in [5.41, 5.74) is 1.96. The number of benzene rings is 1. The number of nitrogens with one attached hydrogen (secondary N) is 2. The predicted molar refractivity (Wildman–Crippen MR) is 98.6 cm³/mol. The summed E-state index contributed by atoms with van der Waals surface area (Å²) < 4.78 is 0. The maximum Gasteiger partial charge on any atom is 0.269 e. The molecule has 1 aromatic heterocycles. The number of carbonyl (C=O) groups is 2. The van der Waals surface area contributed by atoms with Crippen molar-refractivity contribution in [2.45, 2.75) is 39.2 Å². The van der Waals surface area contributed by atoms with Gasteiger partial charge in [0, 0.05) is 24.3 Å². The van der Waals surface area contributed by atoms with Crippen LogP contribution in [0.4, 0.5) is 0 Å². The van der Waals surface area contributed by atoms with Crippen molar-refractivity contribution in [3.63, 3.8) is 0 Å². The van der Waals surface area contributed by atoms with Gasteiger partial charge in [-0.25, -0.2) is 0 Å². The molecule has 132 valence electrons. The molecule has 1 aromatic carbocycles. The van der Waals surface area contributed by atoms with Gasteiger partial charge >= 0.3 is 0 Å². The maximum atomic E-state index is 12.2. The Labute approximate surface area is 148 Å². The van der Waals surface area contributed by atoms with Gasteiger partial charge in [-0.3, -0.25) is 14.6 Å². The van der Waals surface area contributed by atoms with E-state index in [1.807, 2.05) is 32.0 Å². The highest BCUT2D eigenvalue weighted by molar-refractivity contribution is 5.98. The van der Waals surface area contributed by atoms with Crippen molar-refractivity contribution < 1.29 is 9.59 Å². The monoisotopic (exact) mass is 339 g/mol. The van der Waals surface area contributed by atoms with Crippen LogP contribution in [0.15, 0.2) is 48.7 Å². The lowest BCUT2D eigenvalue weighted by Gasteiger charge is -2.11. The molecule has 0 saturated heterocycles. The summed E-state index contributed by atoms with van der Waals surface area (Å²) in [5, 5.41) is 5.74. The zero-order valence-electron chi connectivity index (χ0n) is 14.8. The van der Waals surface area contributed by atoms with E-state index >= 15 is 0 Å². The summed E-state index contributed by atoms with van der Waals surface area (Å²) in [6.45, 7) is 4.52. The number of hydrogen-bond donors (Lipinski definition) is 2. The first-order chi connectivity index (χ1) is 12.1. The van der Waals surface area contributed by atoms with Crippen LogP contribution in [0.2, 0.25) is 0 Å². The fourth-order valence-corrected chi connectivity index (χ4v) is 2.33. The Kier molecular flexibility index (Phi) is 7.14. The van der Waals surface area contributed by atoms with Gasteiger partial charge in [0.15, 0.2) is 0 Å². The second-order valence-corrected chi connectivity index (χ2v) is 6.06. The molecule has 5 nitrogen and oxygen atoms in total. The van der Waals surface area contributed by atoms with Crippen molar-refractivity contribution in [2.75, 3.05) is 6.54 Å². The lowest BCUT2D eigenvalue weighted by atomic mass is 10.1. The Morgan fingerprint density at radius 3 is 2.60 bits per heavy atom. The highest BCUT2D eigenvalue weighted by atomic mass is 16.2. The number of pyridine rings is 1. The minimum atomic E-state index is -0.258. The van der Waals surface area contributed by atoms with Crippen LogP contribution < -0.4 is 10.6 Å². The number of hydrogen-bond acceptors (Lipinski definition) is 3. The van der Waals surface area contributed by atoms with E-state index in [-0.39, 0.29) is 23.6 Å². The summed E-state index contributed by atoms with van der Waals surface area (Å²) in [7, 11) is 0. The molecule has 0 radical (unpaired) electrons. The molecule has 0 bridgehead atoms. The van der Waals surface area contributed by atoms with E-state index in [4.69, 9.17) is 0 Å². The molecule has 0 aliphatic rings. The summed E-state index contributed by atoms with van der Waals surface area (Å²) in [6, 6.07) is 13.4. The average Bonchev–Trinajstić information content (AvgIpc) is 2.65. The van der Waals surface area contributed by atoms with Crippen molar-refractivity contribution in [3.8, 4) is 0 Å². The smallest absolute Gasteiger partial charge is 0.269 e. The molecule has 2 aromatic rings. The van der Waals surface area contributed by atoms with E-state index in [1.165, 1.54) is 17.8 Å². The fraction of sp³-hybridized carbons (Fsp3) is 0.350. The number of nitrogens with zero attached hydrogens (tertiary/aromatic N) is 1. The third-order valence-electron chi connectivity index (χ3n) is 4.02. The molecule has 25 heavy (non-hydrogen) atoms. The molecule has 1 unspecified atom stereocenters. The molecule has 0 spiro atoms. The number of carbonyl (C=O) groups excluding carboxylic acids is 2. The van der Waals surface area contributed by atoms with Crippen LogP contribution in [0, 0.1) is 0 Å². The van der Waals surface area contributed by atoms with E-state index in [2.05, 4.69) is 27.8 Å². The average molecular weight is 339 g/mol. The van der Waals surface area contributed by atoms with Crippen molar-refractivity contribution in [1.29, 1.82) is 0 Å². The minimum absolute atomic E-state index is 0.0935. The van der Waals surface area contributed by atoms with Gasteiger partial charge in [0.1, 0.15) is 5.69 Å². The Bertz CT molecular complexity index is 701. The predicted octanol–water partition coefficient (Wildman–Crippen LogP) is 2.97. The van der Waals surface area contributed by atoms with Crippen LogP contribution in [0.3, 0.4) is 0 Å². The SMILES string of the molecule is CCC(C)NC(=O)c1ccnc(C(=O)NCCCc2ccccc2)c1. The largest absolute Gasteiger partial charge is 0.351 e.